The van der Waals surface area contributed by atoms with Gasteiger partial charge in [0.2, 0.25) is 11.8 Å². The summed E-state index contributed by atoms with van der Waals surface area (Å²) in [5.41, 5.74) is 11.5. The number of hydrogen-bond acceptors (Lipinski definition) is 7. The highest BCUT2D eigenvalue weighted by molar-refractivity contribution is 5.83. The number of pyridine rings is 1. The molecule has 0 aromatic carbocycles. The summed E-state index contributed by atoms with van der Waals surface area (Å²) in [4.78, 5) is 19.3. The lowest BCUT2D eigenvalue weighted by Gasteiger charge is -2.43. The van der Waals surface area contributed by atoms with E-state index in [1.807, 2.05) is 23.1 Å². The van der Waals surface area contributed by atoms with Crippen molar-refractivity contribution in [3.63, 3.8) is 0 Å². The highest BCUT2D eigenvalue weighted by atomic mass is 16.5. The largest absolute Gasteiger partial charge is 0.474 e. The van der Waals surface area contributed by atoms with Crippen LogP contribution >= 0.6 is 0 Å². The van der Waals surface area contributed by atoms with Crippen molar-refractivity contribution in [2.24, 2.45) is 5.73 Å². The maximum Gasteiger partial charge on any atom is 0.241 e. The Morgan fingerprint density at radius 3 is 2.92 bits per heavy atom. The second kappa shape index (κ2) is 7.11. The lowest BCUT2D eigenvalue weighted by Crippen LogP contribution is -2.56. The normalized spacial score (nSPS) is 36.8. The number of nitrogens with zero attached hydrogens (tertiary/aromatic N) is 2. The van der Waals surface area contributed by atoms with Crippen molar-refractivity contribution in [1.82, 2.24) is 20.7 Å². The van der Waals surface area contributed by atoms with Gasteiger partial charge in [0.05, 0.1) is 17.8 Å². The average molecular weight is 361 g/mol. The van der Waals surface area contributed by atoms with Crippen molar-refractivity contribution in [2.75, 3.05) is 13.7 Å². The second-order valence-electron chi connectivity index (χ2n) is 7.43. The minimum atomic E-state index is -0.283. The molecule has 1 amide bonds. The first kappa shape index (κ1) is 17.7. The summed E-state index contributed by atoms with van der Waals surface area (Å²) in [6.45, 7) is 0.709. The Balaban J connectivity index is 1.48. The molecule has 2 saturated heterocycles. The van der Waals surface area contributed by atoms with Crippen molar-refractivity contribution in [3.8, 4) is 5.88 Å². The van der Waals surface area contributed by atoms with Gasteiger partial charge in [-0.3, -0.25) is 4.79 Å². The predicted molar refractivity (Wildman–Crippen MR) is 95.0 cm³/mol. The average Bonchev–Trinajstić information content (AvgIpc) is 3.26. The van der Waals surface area contributed by atoms with E-state index in [0.717, 1.165) is 25.7 Å². The third-order valence-corrected chi connectivity index (χ3v) is 5.98. The molecule has 2 unspecified atom stereocenters. The molecule has 1 aromatic heterocycles. The van der Waals surface area contributed by atoms with Crippen molar-refractivity contribution in [3.05, 3.63) is 24.4 Å². The third kappa shape index (κ3) is 3.18. The lowest BCUT2D eigenvalue weighted by atomic mass is 9.79. The zero-order valence-electron chi connectivity index (χ0n) is 15.1. The number of aromatic nitrogens is 1. The van der Waals surface area contributed by atoms with Crippen molar-refractivity contribution in [2.45, 2.75) is 62.1 Å². The van der Waals surface area contributed by atoms with Crippen LogP contribution in [0.3, 0.4) is 0 Å². The molecule has 26 heavy (non-hydrogen) atoms. The van der Waals surface area contributed by atoms with Crippen molar-refractivity contribution >= 4 is 5.91 Å². The fourth-order valence-corrected chi connectivity index (χ4v) is 4.56. The van der Waals surface area contributed by atoms with Crippen LogP contribution in [0, 0.1) is 0 Å². The third-order valence-electron chi connectivity index (χ3n) is 5.98. The fourth-order valence-electron chi connectivity index (χ4n) is 4.56. The van der Waals surface area contributed by atoms with Crippen molar-refractivity contribution < 1.29 is 14.3 Å². The van der Waals surface area contributed by atoms with Gasteiger partial charge in [0, 0.05) is 38.8 Å². The maximum absolute atomic E-state index is 13.0. The Labute approximate surface area is 153 Å². The Kier molecular flexibility index (Phi) is 4.83. The molecule has 3 fully saturated rings. The zero-order chi connectivity index (χ0) is 18.1. The molecule has 8 heteroatoms. The van der Waals surface area contributed by atoms with Gasteiger partial charge in [-0.25, -0.2) is 15.8 Å². The molecule has 0 spiro atoms. The SMILES string of the molecule is CO[C@@]12CC[C@H](Oc3ccccn3)C[C@@H]1N(C(=O)C1CC(N)NN1)CC2. The minimum Gasteiger partial charge on any atom is -0.474 e. The molecule has 8 nitrogen and oxygen atoms in total. The van der Waals surface area contributed by atoms with Gasteiger partial charge < -0.3 is 20.1 Å². The summed E-state index contributed by atoms with van der Waals surface area (Å²) >= 11 is 0. The van der Waals surface area contributed by atoms with Crippen LogP contribution in [0.1, 0.15) is 32.1 Å². The smallest absolute Gasteiger partial charge is 0.241 e. The zero-order valence-corrected chi connectivity index (χ0v) is 15.1. The van der Waals surface area contributed by atoms with Gasteiger partial charge in [-0.1, -0.05) is 6.07 Å². The van der Waals surface area contributed by atoms with Gasteiger partial charge in [-0.05, 0) is 25.3 Å². The van der Waals surface area contributed by atoms with Crippen LogP contribution in [-0.2, 0) is 9.53 Å². The fraction of sp³-hybridized carbons (Fsp3) is 0.667. The van der Waals surface area contributed by atoms with E-state index in [1.54, 1.807) is 13.3 Å². The number of hydrogen-bond donors (Lipinski definition) is 3. The van der Waals surface area contributed by atoms with E-state index in [9.17, 15) is 4.79 Å². The molecule has 4 rings (SSSR count). The number of hydrazine groups is 1. The number of carbonyl (C=O) groups is 1. The van der Waals surface area contributed by atoms with E-state index < -0.39 is 0 Å². The summed E-state index contributed by atoms with van der Waals surface area (Å²) in [6, 6.07) is 5.38. The number of nitrogens with one attached hydrogen (secondary N) is 2. The van der Waals surface area contributed by atoms with Gasteiger partial charge in [0.15, 0.2) is 0 Å². The number of amides is 1. The first-order chi connectivity index (χ1) is 12.6. The van der Waals surface area contributed by atoms with Crippen LogP contribution < -0.4 is 21.3 Å². The number of likely N-dealkylation sites (tertiary alicyclic amines) is 1. The van der Waals surface area contributed by atoms with Crippen LogP contribution in [0.25, 0.3) is 0 Å². The summed E-state index contributed by atoms with van der Waals surface area (Å²) in [5, 5.41) is 0. The molecule has 4 N–H and O–H groups in total. The van der Waals surface area contributed by atoms with Crippen LogP contribution in [0.2, 0.25) is 0 Å². The van der Waals surface area contributed by atoms with Gasteiger partial charge >= 0.3 is 0 Å². The quantitative estimate of drug-likeness (QED) is 0.702. The summed E-state index contributed by atoms with van der Waals surface area (Å²) < 4.78 is 12.0. The number of ether oxygens (including phenoxy) is 2. The van der Waals surface area contributed by atoms with E-state index in [0.29, 0.717) is 18.8 Å². The van der Waals surface area contributed by atoms with Crippen LogP contribution in [-0.4, -0.2) is 59.4 Å². The molecule has 2 aliphatic heterocycles. The van der Waals surface area contributed by atoms with Gasteiger partial charge in [-0.15, -0.1) is 0 Å². The second-order valence-corrected chi connectivity index (χ2v) is 7.43. The molecule has 142 valence electrons. The lowest BCUT2D eigenvalue weighted by molar-refractivity contribution is -0.141. The number of methoxy groups -OCH3 is 1. The van der Waals surface area contributed by atoms with Crippen LogP contribution in [0.15, 0.2) is 24.4 Å². The Bertz CT molecular complexity index is 645. The highest BCUT2D eigenvalue weighted by Gasteiger charge is 2.54. The Hall–Kier alpha value is -1.74. The molecule has 3 aliphatic rings. The van der Waals surface area contributed by atoms with Crippen molar-refractivity contribution in [1.29, 1.82) is 0 Å². The molecular formula is C18H27N5O3. The van der Waals surface area contributed by atoms with Crippen LogP contribution in [0.4, 0.5) is 0 Å². The van der Waals surface area contributed by atoms with Gasteiger partial charge in [-0.2, -0.15) is 0 Å². The standard InChI is InChI=1S/C18H27N5O3/c1-25-18-6-5-12(26-16-4-2-3-8-20-16)10-14(18)23(9-7-18)17(24)13-11-15(19)22-21-13/h2-4,8,12-15,21-22H,5-7,9-11,19H2,1H3/t12-,13?,14-,15?,18+/m0/s1. The predicted octanol–water partition coefficient (Wildman–Crippen LogP) is 0.150. The van der Waals surface area contributed by atoms with E-state index in [1.165, 1.54) is 0 Å². The summed E-state index contributed by atoms with van der Waals surface area (Å²) in [7, 11) is 1.76. The molecule has 1 aliphatic carbocycles. The summed E-state index contributed by atoms with van der Waals surface area (Å²) in [5.74, 6) is 0.721. The monoisotopic (exact) mass is 361 g/mol. The number of carbonyl (C=O) groups excluding carboxylic acids is 1. The minimum absolute atomic E-state index is 0.0149. The first-order valence-corrected chi connectivity index (χ1v) is 9.31. The molecule has 1 saturated carbocycles. The van der Waals surface area contributed by atoms with E-state index in [2.05, 4.69) is 15.8 Å². The topological polar surface area (TPSA) is 102 Å². The summed E-state index contributed by atoms with van der Waals surface area (Å²) in [6.07, 6.45) is 5.56. The maximum atomic E-state index is 13.0. The number of fused-ring (bicyclic) bond motifs is 1. The van der Waals surface area contributed by atoms with Gasteiger partial charge in [0.25, 0.3) is 0 Å². The van der Waals surface area contributed by atoms with Gasteiger partial charge in [0.1, 0.15) is 12.1 Å². The number of rotatable bonds is 4. The molecular weight excluding hydrogens is 334 g/mol. The molecule has 3 heterocycles. The Morgan fingerprint density at radius 1 is 1.35 bits per heavy atom. The van der Waals surface area contributed by atoms with E-state index in [4.69, 9.17) is 15.2 Å². The highest BCUT2D eigenvalue weighted by Crippen LogP contribution is 2.43. The Morgan fingerprint density at radius 2 is 2.23 bits per heavy atom. The molecule has 1 aromatic rings. The molecule has 5 atom stereocenters. The molecule has 0 bridgehead atoms. The van der Waals surface area contributed by atoms with E-state index in [-0.39, 0.29) is 35.9 Å². The van der Waals surface area contributed by atoms with E-state index >= 15 is 0 Å². The van der Waals surface area contributed by atoms with Crippen LogP contribution in [0.5, 0.6) is 5.88 Å². The molecule has 0 radical (unpaired) electrons. The first-order valence-electron chi connectivity index (χ1n) is 9.31. The number of nitrogens with two attached hydrogens (primary N) is 1.